The number of methoxy groups -OCH3 is 1. The quantitative estimate of drug-likeness (QED) is 0.752. The molecule has 29 heavy (non-hydrogen) atoms. The van der Waals surface area contributed by atoms with E-state index in [0.29, 0.717) is 49.2 Å². The van der Waals surface area contributed by atoms with Gasteiger partial charge in [0.25, 0.3) is 11.9 Å². The first kappa shape index (κ1) is 17.8. The van der Waals surface area contributed by atoms with Crippen molar-refractivity contribution in [3.05, 3.63) is 47.2 Å². The third-order valence-electron chi connectivity index (χ3n) is 5.52. The minimum absolute atomic E-state index is 0.139. The lowest BCUT2D eigenvalue weighted by atomic mass is 9.79. The molecule has 1 spiro atoms. The lowest BCUT2D eigenvalue weighted by Crippen LogP contribution is -2.42. The average Bonchev–Trinajstić information content (AvgIpc) is 2.75. The van der Waals surface area contributed by atoms with Crippen molar-refractivity contribution in [2.24, 2.45) is 10.7 Å². The molecular weight excluding hydrogens is 372 g/mol. The van der Waals surface area contributed by atoms with Crippen molar-refractivity contribution in [3.63, 3.8) is 0 Å². The van der Waals surface area contributed by atoms with E-state index < -0.39 is 5.60 Å². The summed E-state index contributed by atoms with van der Waals surface area (Å²) in [5, 5.41) is 0. The first-order chi connectivity index (χ1) is 14.1. The van der Waals surface area contributed by atoms with Crippen molar-refractivity contribution in [1.29, 1.82) is 0 Å². The standard InChI is InChI=1S/C21H22N4O4/c1-26-19-18-15(11-16(25-19)12-4-8-27-9-5-12)21(6-7-24-20(23)29-21)14-10-13(22)2-3-17(14)28-18/h2-4,10-11H,5-9,22H2,1H3,(H2,23,24)/t21-/m0/s1. The molecule has 0 saturated carbocycles. The zero-order valence-corrected chi connectivity index (χ0v) is 16.1. The Morgan fingerprint density at radius 1 is 1.17 bits per heavy atom. The molecule has 0 aliphatic carbocycles. The Balaban J connectivity index is 1.77. The number of amidine groups is 1. The fraction of sp³-hybridized carbons (Fsp3) is 0.333. The summed E-state index contributed by atoms with van der Waals surface area (Å²) < 4.78 is 23.5. The number of nitrogens with two attached hydrogens (primary N) is 2. The Hall–Kier alpha value is -3.26. The molecule has 1 aromatic carbocycles. The molecule has 2 aromatic rings. The Morgan fingerprint density at radius 3 is 2.83 bits per heavy atom. The topological polar surface area (TPSA) is 114 Å². The van der Waals surface area contributed by atoms with E-state index in [1.807, 2.05) is 24.3 Å². The number of rotatable bonds is 2. The minimum atomic E-state index is -0.874. The third kappa shape index (κ3) is 2.79. The number of anilines is 1. The van der Waals surface area contributed by atoms with E-state index in [2.05, 4.69) is 4.99 Å². The molecule has 5 rings (SSSR count). The van der Waals surface area contributed by atoms with Crippen molar-refractivity contribution in [2.45, 2.75) is 18.4 Å². The molecule has 0 unspecified atom stereocenters. The summed E-state index contributed by atoms with van der Waals surface area (Å²) in [5.74, 6) is 1.56. The zero-order chi connectivity index (χ0) is 20.0. The highest BCUT2D eigenvalue weighted by molar-refractivity contribution is 5.76. The van der Waals surface area contributed by atoms with Gasteiger partial charge in [-0.1, -0.05) is 6.08 Å². The molecular formula is C21H22N4O4. The van der Waals surface area contributed by atoms with Crippen LogP contribution < -0.4 is 20.9 Å². The van der Waals surface area contributed by atoms with Gasteiger partial charge in [-0.25, -0.2) is 9.98 Å². The summed E-state index contributed by atoms with van der Waals surface area (Å²) in [6.07, 6.45) is 3.41. The second-order valence-electron chi connectivity index (χ2n) is 7.20. The summed E-state index contributed by atoms with van der Waals surface area (Å²) in [7, 11) is 1.58. The number of aromatic nitrogens is 1. The number of fused-ring (bicyclic) bond motifs is 4. The fourth-order valence-electron chi connectivity index (χ4n) is 4.14. The van der Waals surface area contributed by atoms with E-state index in [1.54, 1.807) is 13.2 Å². The summed E-state index contributed by atoms with van der Waals surface area (Å²) in [5.41, 5.74) is 15.4. The van der Waals surface area contributed by atoms with Gasteiger partial charge in [-0.2, -0.15) is 0 Å². The molecule has 4 heterocycles. The minimum Gasteiger partial charge on any atom is -0.478 e. The Morgan fingerprint density at radius 2 is 2.07 bits per heavy atom. The number of ether oxygens (including phenoxy) is 4. The Bertz CT molecular complexity index is 1050. The van der Waals surface area contributed by atoms with E-state index in [0.717, 1.165) is 28.8 Å². The molecule has 8 heteroatoms. The molecule has 1 atom stereocenters. The maximum Gasteiger partial charge on any atom is 0.283 e. The van der Waals surface area contributed by atoms with Gasteiger partial charge < -0.3 is 30.4 Å². The highest BCUT2D eigenvalue weighted by Gasteiger charge is 2.48. The Labute approximate surface area is 168 Å². The van der Waals surface area contributed by atoms with Crippen molar-refractivity contribution in [3.8, 4) is 17.4 Å². The fourth-order valence-corrected chi connectivity index (χ4v) is 4.14. The van der Waals surface area contributed by atoms with Crippen LogP contribution in [-0.2, 0) is 15.1 Å². The molecule has 4 N–H and O–H groups in total. The highest BCUT2D eigenvalue weighted by atomic mass is 16.5. The van der Waals surface area contributed by atoms with Crippen LogP contribution in [0.4, 0.5) is 5.69 Å². The number of aliphatic imine (C=N–C) groups is 1. The highest BCUT2D eigenvalue weighted by Crippen LogP contribution is 2.54. The number of hydrogen-bond donors (Lipinski definition) is 2. The molecule has 8 nitrogen and oxygen atoms in total. The second-order valence-corrected chi connectivity index (χ2v) is 7.20. The van der Waals surface area contributed by atoms with Gasteiger partial charge in [-0.3, -0.25) is 0 Å². The van der Waals surface area contributed by atoms with Gasteiger partial charge >= 0.3 is 0 Å². The Kier molecular flexibility index (Phi) is 4.09. The van der Waals surface area contributed by atoms with Crippen LogP contribution in [0.25, 0.3) is 5.57 Å². The van der Waals surface area contributed by atoms with Crippen molar-refractivity contribution < 1.29 is 18.9 Å². The third-order valence-corrected chi connectivity index (χ3v) is 5.52. The molecule has 0 radical (unpaired) electrons. The van der Waals surface area contributed by atoms with E-state index in [-0.39, 0.29) is 6.02 Å². The van der Waals surface area contributed by atoms with Crippen molar-refractivity contribution in [1.82, 2.24) is 4.98 Å². The van der Waals surface area contributed by atoms with Crippen LogP contribution in [-0.4, -0.2) is 37.9 Å². The predicted molar refractivity (Wildman–Crippen MR) is 108 cm³/mol. The van der Waals surface area contributed by atoms with Crippen LogP contribution in [0.15, 0.2) is 35.3 Å². The predicted octanol–water partition coefficient (Wildman–Crippen LogP) is 2.56. The molecule has 0 saturated heterocycles. The molecule has 0 fully saturated rings. The van der Waals surface area contributed by atoms with Crippen LogP contribution >= 0.6 is 0 Å². The number of pyridine rings is 1. The van der Waals surface area contributed by atoms with Gasteiger partial charge in [0.1, 0.15) is 5.75 Å². The first-order valence-electron chi connectivity index (χ1n) is 9.54. The summed E-state index contributed by atoms with van der Waals surface area (Å²) >= 11 is 0. The summed E-state index contributed by atoms with van der Waals surface area (Å²) in [4.78, 5) is 8.93. The largest absolute Gasteiger partial charge is 0.478 e. The van der Waals surface area contributed by atoms with Gasteiger partial charge in [0, 0.05) is 24.2 Å². The van der Waals surface area contributed by atoms with E-state index in [9.17, 15) is 0 Å². The van der Waals surface area contributed by atoms with Gasteiger partial charge in [0.2, 0.25) is 0 Å². The molecule has 0 bridgehead atoms. The van der Waals surface area contributed by atoms with Crippen LogP contribution in [0.1, 0.15) is 29.7 Å². The average molecular weight is 394 g/mol. The number of benzene rings is 1. The SMILES string of the molecule is COc1nc(C2=CCOCC2)cc2c1Oc1ccc(N)cc1[C@@]21CCN=C(N)O1. The first-order valence-corrected chi connectivity index (χ1v) is 9.54. The molecule has 3 aliphatic heterocycles. The van der Waals surface area contributed by atoms with Gasteiger partial charge in [-0.05, 0) is 36.3 Å². The van der Waals surface area contributed by atoms with Crippen LogP contribution in [0.5, 0.6) is 17.4 Å². The van der Waals surface area contributed by atoms with Crippen LogP contribution in [0.2, 0.25) is 0 Å². The van der Waals surface area contributed by atoms with Gasteiger partial charge in [0.15, 0.2) is 11.4 Å². The zero-order valence-electron chi connectivity index (χ0n) is 16.1. The van der Waals surface area contributed by atoms with Crippen LogP contribution in [0, 0.1) is 0 Å². The summed E-state index contributed by atoms with van der Waals surface area (Å²) in [6, 6.07) is 7.63. The second kappa shape index (κ2) is 6.66. The number of nitrogens with zero attached hydrogens (tertiary/aromatic N) is 2. The summed E-state index contributed by atoms with van der Waals surface area (Å²) in [6.45, 7) is 1.74. The number of nitrogen functional groups attached to an aromatic ring is 1. The normalized spacial score (nSPS) is 22.5. The lowest BCUT2D eigenvalue weighted by molar-refractivity contribution is 0.0627. The van der Waals surface area contributed by atoms with Gasteiger partial charge in [0.05, 0.1) is 31.6 Å². The van der Waals surface area contributed by atoms with E-state index in [1.165, 1.54) is 0 Å². The van der Waals surface area contributed by atoms with Crippen LogP contribution in [0.3, 0.4) is 0 Å². The molecule has 1 aromatic heterocycles. The number of hydrogen-bond acceptors (Lipinski definition) is 8. The monoisotopic (exact) mass is 394 g/mol. The smallest absolute Gasteiger partial charge is 0.283 e. The van der Waals surface area contributed by atoms with E-state index in [4.69, 9.17) is 35.4 Å². The molecule has 3 aliphatic rings. The molecule has 0 amide bonds. The van der Waals surface area contributed by atoms with Crippen molar-refractivity contribution in [2.75, 3.05) is 32.6 Å². The maximum atomic E-state index is 6.23. The molecule has 150 valence electrons. The lowest BCUT2D eigenvalue weighted by Gasteiger charge is -2.41. The van der Waals surface area contributed by atoms with Crippen molar-refractivity contribution >= 4 is 17.3 Å². The maximum absolute atomic E-state index is 6.23. The van der Waals surface area contributed by atoms with Gasteiger partial charge in [-0.15, -0.1) is 0 Å². The van der Waals surface area contributed by atoms with E-state index >= 15 is 0 Å².